The number of nitrogens with one attached hydrogen (secondary N) is 1. The smallest absolute Gasteiger partial charge is 0.337 e. The Labute approximate surface area is 203 Å². The third-order valence-corrected chi connectivity index (χ3v) is 6.37. The molecule has 2 atom stereocenters. The topological polar surface area (TPSA) is 59.4 Å². The van der Waals surface area contributed by atoms with Gasteiger partial charge in [-0.2, -0.15) is 0 Å². The molecule has 0 bridgehead atoms. The Hall–Kier alpha value is -3.97. The van der Waals surface area contributed by atoms with E-state index in [2.05, 4.69) is 38.0 Å². The zero-order chi connectivity index (χ0) is 23.5. The maximum atomic E-state index is 12.1. The van der Waals surface area contributed by atoms with Crippen LogP contribution in [0, 0.1) is 0 Å². The van der Waals surface area contributed by atoms with E-state index in [0.29, 0.717) is 17.2 Å². The first-order valence-electron chi connectivity index (χ1n) is 11.0. The minimum Gasteiger partial charge on any atom is -0.465 e. The lowest BCUT2D eigenvalue weighted by Crippen LogP contribution is -2.30. The number of hydrogen-bond acceptors (Lipinski definition) is 4. The van der Waals surface area contributed by atoms with Crippen LogP contribution in [-0.2, 0) is 11.3 Å². The maximum absolute atomic E-state index is 12.1. The summed E-state index contributed by atoms with van der Waals surface area (Å²) in [7, 11) is 1.39. The summed E-state index contributed by atoms with van der Waals surface area (Å²) in [6, 6.07) is 27.5. The van der Waals surface area contributed by atoms with Gasteiger partial charge in [-0.1, -0.05) is 42.5 Å². The van der Waals surface area contributed by atoms with Crippen LogP contribution in [0.5, 0.6) is 0 Å². The normalized spacial score (nSPS) is 17.4. The second-order valence-corrected chi connectivity index (χ2v) is 8.47. The molecule has 1 saturated heterocycles. The van der Waals surface area contributed by atoms with Crippen molar-refractivity contribution in [2.45, 2.75) is 18.6 Å². The summed E-state index contributed by atoms with van der Waals surface area (Å²) in [6.07, 6.45) is 3.80. The molecular formula is C27H24N4O2S. The van der Waals surface area contributed by atoms with E-state index >= 15 is 0 Å². The monoisotopic (exact) mass is 468 g/mol. The Morgan fingerprint density at radius 2 is 1.85 bits per heavy atom. The van der Waals surface area contributed by atoms with Gasteiger partial charge in [0.25, 0.3) is 0 Å². The van der Waals surface area contributed by atoms with Crippen molar-refractivity contribution < 1.29 is 9.53 Å². The molecule has 0 unspecified atom stereocenters. The van der Waals surface area contributed by atoms with Gasteiger partial charge in [-0.25, -0.2) is 4.79 Å². The third kappa shape index (κ3) is 4.18. The van der Waals surface area contributed by atoms with E-state index in [1.807, 2.05) is 66.9 Å². The predicted molar refractivity (Wildman–Crippen MR) is 135 cm³/mol. The van der Waals surface area contributed by atoms with E-state index in [4.69, 9.17) is 17.0 Å². The summed E-state index contributed by atoms with van der Waals surface area (Å²) in [6.45, 7) is 0.661. The average Bonchev–Trinajstić information content (AvgIpc) is 3.49. The van der Waals surface area contributed by atoms with Crippen molar-refractivity contribution in [3.8, 4) is 5.69 Å². The number of hydrogen-bond donors (Lipinski definition) is 1. The molecule has 2 aromatic heterocycles. The molecule has 6 nitrogen and oxygen atoms in total. The van der Waals surface area contributed by atoms with Crippen LogP contribution >= 0.6 is 12.2 Å². The van der Waals surface area contributed by atoms with E-state index < -0.39 is 0 Å². The van der Waals surface area contributed by atoms with Gasteiger partial charge in [-0.15, -0.1) is 0 Å². The van der Waals surface area contributed by atoms with Gasteiger partial charge in [0.2, 0.25) is 0 Å². The second kappa shape index (κ2) is 9.49. The van der Waals surface area contributed by atoms with Gasteiger partial charge >= 0.3 is 5.97 Å². The Kier molecular flexibility index (Phi) is 6.10. The van der Waals surface area contributed by atoms with Crippen LogP contribution < -0.4 is 5.32 Å². The Morgan fingerprint density at radius 3 is 2.62 bits per heavy atom. The molecule has 1 aliphatic rings. The minimum absolute atomic E-state index is 0.112. The van der Waals surface area contributed by atoms with Crippen molar-refractivity contribution in [1.82, 2.24) is 19.8 Å². The molecule has 0 spiro atoms. The zero-order valence-electron chi connectivity index (χ0n) is 18.7. The van der Waals surface area contributed by atoms with E-state index in [1.54, 1.807) is 12.3 Å². The van der Waals surface area contributed by atoms with Crippen LogP contribution in [-0.4, -0.2) is 32.6 Å². The molecule has 4 aromatic rings. The predicted octanol–water partition coefficient (Wildman–Crippen LogP) is 4.83. The number of nitrogens with zero attached hydrogens (tertiary/aromatic N) is 3. The molecule has 3 heterocycles. The molecule has 0 radical (unpaired) electrons. The molecule has 0 saturated carbocycles. The lowest BCUT2D eigenvalue weighted by molar-refractivity contribution is 0.0600. The van der Waals surface area contributed by atoms with Crippen molar-refractivity contribution in [3.63, 3.8) is 0 Å². The minimum atomic E-state index is -0.365. The summed E-state index contributed by atoms with van der Waals surface area (Å²) in [4.78, 5) is 19.0. The average molecular weight is 469 g/mol. The lowest BCUT2D eigenvalue weighted by atomic mass is 10.0. The van der Waals surface area contributed by atoms with Gasteiger partial charge in [0.15, 0.2) is 5.11 Å². The number of carbonyl (C=O) groups is 1. The first kappa shape index (κ1) is 21.9. The van der Waals surface area contributed by atoms with Crippen LogP contribution in [0.4, 0.5) is 0 Å². The van der Waals surface area contributed by atoms with E-state index in [1.165, 1.54) is 12.7 Å². The van der Waals surface area contributed by atoms with E-state index in [0.717, 1.165) is 17.1 Å². The highest BCUT2D eigenvalue weighted by atomic mass is 32.1. The van der Waals surface area contributed by atoms with Crippen LogP contribution in [0.25, 0.3) is 5.69 Å². The lowest BCUT2D eigenvalue weighted by Gasteiger charge is -2.29. The van der Waals surface area contributed by atoms with Crippen molar-refractivity contribution in [2.75, 3.05) is 7.11 Å². The summed E-state index contributed by atoms with van der Waals surface area (Å²) in [5.41, 5.74) is 4.51. The van der Waals surface area contributed by atoms with Crippen LogP contribution in [0.2, 0.25) is 0 Å². The van der Waals surface area contributed by atoms with Crippen molar-refractivity contribution in [1.29, 1.82) is 0 Å². The molecule has 170 valence electrons. The quantitative estimate of drug-likeness (QED) is 0.323. The van der Waals surface area contributed by atoms with Gasteiger partial charge < -0.3 is 19.5 Å². The molecule has 0 amide bonds. The molecular weight excluding hydrogens is 444 g/mol. The fraction of sp³-hybridized carbons (Fsp3) is 0.148. The molecule has 1 N–H and O–H groups in total. The zero-order valence-corrected chi connectivity index (χ0v) is 19.5. The number of rotatable bonds is 6. The van der Waals surface area contributed by atoms with E-state index in [-0.39, 0.29) is 18.1 Å². The molecule has 5 rings (SSSR count). The Morgan fingerprint density at radius 1 is 1.03 bits per heavy atom. The van der Waals surface area contributed by atoms with Crippen molar-refractivity contribution >= 4 is 23.3 Å². The number of carbonyl (C=O) groups excluding carboxylic acids is 1. The van der Waals surface area contributed by atoms with E-state index in [9.17, 15) is 4.79 Å². The van der Waals surface area contributed by atoms with Crippen LogP contribution in [0.3, 0.4) is 0 Å². The van der Waals surface area contributed by atoms with Crippen molar-refractivity contribution in [3.05, 3.63) is 120 Å². The molecule has 7 heteroatoms. The van der Waals surface area contributed by atoms with Gasteiger partial charge in [0.1, 0.15) is 0 Å². The summed E-state index contributed by atoms with van der Waals surface area (Å²) >= 11 is 5.81. The largest absolute Gasteiger partial charge is 0.465 e. The molecule has 0 aliphatic carbocycles. The third-order valence-electron chi connectivity index (χ3n) is 6.02. The SMILES string of the molecule is COC(=O)c1cccc(-n2cccc2[C@@H]2[C@@H](c3ccccn3)NC(=S)N2Cc2ccccc2)c1. The van der Waals surface area contributed by atoms with Crippen LogP contribution in [0.15, 0.2) is 97.3 Å². The molecule has 1 aliphatic heterocycles. The molecule has 2 aromatic carbocycles. The van der Waals surface area contributed by atoms with Gasteiger partial charge in [0, 0.05) is 30.3 Å². The number of thiocarbonyl (C=S) groups is 1. The standard InChI is InChI=1S/C27H24N4O2S/c1-33-26(32)20-11-7-12-21(17-20)30-16-8-14-23(30)25-24(22-13-5-6-15-28-22)29-27(34)31(25)18-19-9-3-2-4-10-19/h2-17,24-25H,18H2,1H3,(H,29,34)/t24-,25-/m1/s1. The van der Waals surface area contributed by atoms with Gasteiger partial charge in [0.05, 0.1) is 30.5 Å². The Balaban J connectivity index is 1.59. The first-order valence-corrected chi connectivity index (χ1v) is 11.4. The van der Waals surface area contributed by atoms with Crippen LogP contribution in [0.1, 0.15) is 39.4 Å². The fourth-order valence-electron chi connectivity index (χ4n) is 4.45. The van der Waals surface area contributed by atoms with Gasteiger partial charge in [-0.3, -0.25) is 4.98 Å². The van der Waals surface area contributed by atoms with Gasteiger partial charge in [-0.05, 0) is 60.2 Å². The second-order valence-electron chi connectivity index (χ2n) is 8.09. The summed E-state index contributed by atoms with van der Waals surface area (Å²) in [5, 5.41) is 4.18. The number of ether oxygens (including phenoxy) is 1. The number of pyridine rings is 1. The highest BCUT2D eigenvalue weighted by Crippen LogP contribution is 2.40. The summed E-state index contributed by atoms with van der Waals surface area (Å²) in [5.74, 6) is -0.365. The number of methoxy groups -OCH3 is 1. The number of esters is 1. The molecule has 1 fully saturated rings. The molecule has 34 heavy (non-hydrogen) atoms. The maximum Gasteiger partial charge on any atom is 0.337 e. The highest BCUT2D eigenvalue weighted by molar-refractivity contribution is 7.80. The first-order chi connectivity index (χ1) is 16.7. The Bertz CT molecular complexity index is 1310. The fourth-order valence-corrected chi connectivity index (χ4v) is 4.75. The summed E-state index contributed by atoms with van der Waals surface area (Å²) < 4.78 is 7.02. The van der Waals surface area contributed by atoms with Crippen molar-refractivity contribution in [2.24, 2.45) is 0 Å². The highest BCUT2D eigenvalue weighted by Gasteiger charge is 2.41. The number of aromatic nitrogens is 2. The number of benzene rings is 2.